The Morgan fingerprint density at radius 1 is 1.04 bits per heavy atom. The van der Waals surface area contributed by atoms with Gasteiger partial charge in [-0.05, 0) is 61.7 Å². The van der Waals surface area contributed by atoms with E-state index in [1.807, 2.05) is 57.2 Å². The maximum absolute atomic E-state index is 12.4. The van der Waals surface area contributed by atoms with Crippen LogP contribution in [0.3, 0.4) is 0 Å². The third-order valence-corrected chi connectivity index (χ3v) is 4.69. The molecule has 0 aliphatic carbocycles. The summed E-state index contributed by atoms with van der Waals surface area (Å²) in [7, 11) is 0. The Balaban J connectivity index is 2.18. The molecule has 0 unspecified atom stereocenters. The number of amides is 2. The minimum absolute atomic E-state index is 0.0240. The lowest BCUT2D eigenvalue weighted by Gasteiger charge is -2.22. The number of aryl methyl sites for hydroxylation is 3. The number of hydrogen-bond donors (Lipinski definition) is 1. The van der Waals surface area contributed by atoms with E-state index in [1.165, 1.54) is 11.8 Å². The number of halogens is 1. The first-order valence-electron chi connectivity index (χ1n) is 7.69. The van der Waals surface area contributed by atoms with E-state index >= 15 is 0 Å². The van der Waals surface area contributed by atoms with Crippen LogP contribution in [0.4, 0.5) is 11.4 Å². The second-order valence-electron chi connectivity index (χ2n) is 5.91. The second-order valence-corrected chi connectivity index (χ2v) is 6.76. The quantitative estimate of drug-likeness (QED) is 0.845. The lowest BCUT2D eigenvalue weighted by Crippen LogP contribution is -2.36. The molecule has 0 spiro atoms. The maximum Gasteiger partial charge on any atom is 0.244 e. The van der Waals surface area contributed by atoms with E-state index in [1.54, 1.807) is 0 Å². The van der Waals surface area contributed by atoms with Gasteiger partial charge in [0, 0.05) is 22.8 Å². The minimum Gasteiger partial charge on any atom is -0.324 e. The zero-order chi connectivity index (χ0) is 17.9. The summed E-state index contributed by atoms with van der Waals surface area (Å²) in [6.45, 7) is 7.30. The maximum atomic E-state index is 12.4. The van der Waals surface area contributed by atoms with Crippen molar-refractivity contribution in [3.63, 3.8) is 0 Å². The Labute approximate surface area is 151 Å². The summed E-state index contributed by atoms with van der Waals surface area (Å²) in [6.07, 6.45) is 0. The summed E-state index contributed by atoms with van der Waals surface area (Å²) in [5, 5.41) is 2.89. The average molecular weight is 389 g/mol. The molecule has 1 N–H and O–H groups in total. The zero-order valence-electron chi connectivity index (χ0n) is 14.3. The molecule has 2 amide bonds. The number of anilines is 2. The van der Waals surface area contributed by atoms with Crippen LogP contribution in [-0.2, 0) is 9.59 Å². The van der Waals surface area contributed by atoms with Crippen LogP contribution in [0.15, 0.2) is 40.9 Å². The number of nitrogens with zero attached hydrogens (tertiary/aromatic N) is 1. The van der Waals surface area contributed by atoms with Gasteiger partial charge in [0.25, 0.3) is 0 Å². The van der Waals surface area contributed by atoms with Crippen LogP contribution in [-0.4, -0.2) is 18.4 Å². The molecule has 2 aromatic carbocycles. The minimum atomic E-state index is -0.223. The van der Waals surface area contributed by atoms with Gasteiger partial charge >= 0.3 is 0 Å². The van der Waals surface area contributed by atoms with Gasteiger partial charge in [-0.15, -0.1) is 0 Å². The Morgan fingerprint density at radius 3 is 2.38 bits per heavy atom. The molecule has 0 fully saturated rings. The molecule has 4 nitrogen and oxygen atoms in total. The molecule has 0 radical (unpaired) electrons. The van der Waals surface area contributed by atoms with E-state index in [-0.39, 0.29) is 18.4 Å². The zero-order valence-corrected chi connectivity index (χ0v) is 15.9. The highest BCUT2D eigenvalue weighted by Crippen LogP contribution is 2.23. The standard InChI is InChI=1S/C19H21BrN2O2/c1-12-5-6-13(2)18(9-12)21-19(24)11-22(15(4)23)16-7-8-17(20)14(3)10-16/h5-10H,11H2,1-4H3,(H,21,24). The molecule has 24 heavy (non-hydrogen) atoms. The molecule has 2 aromatic rings. The second kappa shape index (κ2) is 7.62. The summed E-state index contributed by atoms with van der Waals surface area (Å²) in [6, 6.07) is 11.5. The van der Waals surface area contributed by atoms with E-state index in [0.29, 0.717) is 5.69 Å². The molecular weight excluding hydrogens is 368 g/mol. The molecule has 2 rings (SSSR count). The van der Waals surface area contributed by atoms with Crippen molar-refractivity contribution in [2.45, 2.75) is 27.7 Å². The summed E-state index contributed by atoms with van der Waals surface area (Å²) in [5.74, 6) is -0.396. The van der Waals surface area contributed by atoms with Crippen LogP contribution < -0.4 is 10.2 Å². The molecule has 0 atom stereocenters. The van der Waals surface area contributed by atoms with Crippen molar-refractivity contribution in [3.8, 4) is 0 Å². The monoisotopic (exact) mass is 388 g/mol. The van der Waals surface area contributed by atoms with Crippen LogP contribution in [0.25, 0.3) is 0 Å². The normalized spacial score (nSPS) is 10.4. The highest BCUT2D eigenvalue weighted by Gasteiger charge is 2.17. The third-order valence-electron chi connectivity index (χ3n) is 3.80. The highest BCUT2D eigenvalue weighted by molar-refractivity contribution is 9.10. The first-order chi connectivity index (χ1) is 11.3. The number of hydrogen-bond acceptors (Lipinski definition) is 2. The number of benzene rings is 2. The first kappa shape index (κ1) is 18.2. The van der Waals surface area contributed by atoms with E-state index in [4.69, 9.17) is 0 Å². The fraction of sp³-hybridized carbons (Fsp3) is 0.263. The average Bonchev–Trinajstić information content (AvgIpc) is 2.51. The van der Waals surface area contributed by atoms with Crippen molar-refractivity contribution in [2.24, 2.45) is 0 Å². The van der Waals surface area contributed by atoms with Gasteiger partial charge < -0.3 is 10.2 Å². The summed E-state index contributed by atoms with van der Waals surface area (Å²) < 4.78 is 0.967. The van der Waals surface area contributed by atoms with Crippen LogP contribution in [0.5, 0.6) is 0 Å². The molecule has 0 aliphatic rings. The molecular formula is C19H21BrN2O2. The van der Waals surface area contributed by atoms with Gasteiger partial charge in [0.15, 0.2) is 0 Å². The fourth-order valence-corrected chi connectivity index (χ4v) is 2.63. The first-order valence-corrected chi connectivity index (χ1v) is 8.48. The lowest BCUT2D eigenvalue weighted by atomic mass is 10.1. The van der Waals surface area contributed by atoms with Crippen molar-refractivity contribution in [3.05, 3.63) is 57.6 Å². The Bertz CT molecular complexity index is 787. The molecule has 0 aromatic heterocycles. The smallest absolute Gasteiger partial charge is 0.244 e. The predicted octanol–water partition coefficient (Wildman–Crippen LogP) is 4.37. The number of nitrogens with one attached hydrogen (secondary N) is 1. The van der Waals surface area contributed by atoms with E-state index < -0.39 is 0 Å². The molecule has 0 heterocycles. The van der Waals surface area contributed by atoms with Gasteiger partial charge in [-0.25, -0.2) is 0 Å². The van der Waals surface area contributed by atoms with Gasteiger partial charge in [0.05, 0.1) is 0 Å². The van der Waals surface area contributed by atoms with Gasteiger partial charge in [-0.2, -0.15) is 0 Å². The predicted molar refractivity (Wildman–Crippen MR) is 101 cm³/mol. The highest BCUT2D eigenvalue weighted by atomic mass is 79.9. The summed E-state index contributed by atoms with van der Waals surface area (Å²) >= 11 is 3.44. The van der Waals surface area contributed by atoms with Crippen molar-refractivity contribution >= 4 is 39.1 Å². The van der Waals surface area contributed by atoms with Crippen LogP contribution >= 0.6 is 15.9 Å². The summed E-state index contributed by atoms with van der Waals surface area (Å²) in [4.78, 5) is 25.9. The van der Waals surface area contributed by atoms with Crippen LogP contribution in [0, 0.1) is 20.8 Å². The third kappa shape index (κ3) is 4.45. The van der Waals surface area contributed by atoms with Gasteiger partial charge in [0.1, 0.15) is 6.54 Å². The lowest BCUT2D eigenvalue weighted by molar-refractivity contribution is -0.120. The van der Waals surface area contributed by atoms with Crippen LogP contribution in [0.1, 0.15) is 23.6 Å². The van der Waals surface area contributed by atoms with Gasteiger partial charge in [0.2, 0.25) is 11.8 Å². The number of carbonyl (C=O) groups excluding carboxylic acids is 2. The summed E-state index contributed by atoms with van der Waals surface area (Å²) in [5.41, 5.74) is 4.55. The number of rotatable bonds is 4. The van der Waals surface area contributed by atoms with Gasteiger partial charge in [-0.3, -0.25) is 9.59 Å². The van der Waals surface area contributed by atoms with E-state index in [9.17, 15) is 9.59 Å². The van der Waals surface area contributed by atoms with Gasteiger partial charge in [-0.1, -0.05) is 28.1 Å². The SMILES string of the molecule is CC(=O)N(CC(=O)Nc1cc(C)ccc1C)c1ccc(Br)c(C)c1. The van der Waals surface area contributed by atoms with E-state index in [0.717, 1.165) is 26.9 Å². The topological polar surface area (TPSA) is 49.4 Å². The molecule has 126 valence electrons. The van der Waals surface area contributed by atoms with Crippen LogP contribution in [0.2, 0.25) is 0 Å². The van der Waals surface area contributed by atoms with Crippen molar-refractivity contribution in [1.82, 2.24) is 0 Å². The van der Waals surface area contributed by atoms with Crippen molar-refractivity contribution < 1.29 is 9.59 Å². The number of carbonyl (C=O) groups is 2. The van der Waals surface area contributed by atoms with Crippen molar-refractivity contribution in [2.75, 3.05) is 16.8 Å². The Hall–Kier alpha value is -2.14. The van der Waals surface area contributed by atoms with E-state index in [2.05, 4.69) is 21.2 Å². The van der Waals surface area contributed by atoms with Crippen molar-refractivity contribution in [1.29, 1.82) is 0 Å². The molecule has 0 bridgehead atoms. The molecule has 5 heteroatoms. The Kier molecular flexibility index (Phi) is 5.78. The molecule has 0 aliphatic heterocycles. The fourth-order valence-electron chi connectivity index (χ4n) is 2.39. The Morgan fingerprint density at radius 2 is 1.75 bits per heavy atom. The largest absolute Gasteiger partial charge is 0.324 e. The molecule has 0 saturated heterocycles. The molecule has 0 saturated carbocycles.